The lowest BCUT2D eigenvalue weighted by Gasteiger charge is -2.47. The zero-order valence-electron chi connectivity index (χ0n) is 19.4. The van der Waals surface area contributed by atoms with Crippen molar-refractivity contribution in [2.75, 3.05) is 49.5 Å². The highest BCUT2D eigenvalue weighted by molar-refractivity contribution is 6.35. The molecule has 4 heterocycles. The van der Waals surface area contributed by atoms with E-state index in [4.69, 9.17) is 28.2 Å². The molecule has 2 fully saturated rings. The number of anilines is 2. The van der Waals surface area contributed by atoms with E-state index in [0.717, 1.165) is 49.9 Å². The van der Waals surface area contributed by atoms with E-state index in [1.807, 2.05) is 12.1 Å². The Morgan fingerprint density at radius 2 is 1.82 bits per heavy atom. The van der Waals surface area contributed by atoms with Crippen LogP contribution in [0.1, 0.15) is 44.2 Å². The fourth-order valence-corrected chi connectivity index (χ4v) is 5.89. The Labute approximate surface area is 209 Å². The van der Waals surface area contributed by atoms with E-state index in [1.54, 1.807) is 10.6 Å². The van der Waals surface area contributed by atoms with Crippen LogP contribution in [0.2, 0.25) is 10.0 Å². The molecule has 182 valence electrons. The number of benzene rings is 1. The van der Waals surface area contributed by atoms with Gasteiger partial charge in [0.2, 0.25) is 0 Å². The average Bonchev–Trinajstić information content (AvgIpc) is 3.30. The van der Waals surface area contributed by atoms with Crippen LogP contribution in [0.5, 0.6) is 0 Å². The number of hydrogen-bond acceptors (Lipinski definition) is 7. The summed E-state index contributed by atoms with van der Waals surface area (Å²) in [5.74, 6) is 2.32. The van der Waals surface area contributed by atoms with E-state index in [0.29, 0.717) is 21.2 Å². The molecule has 0 amide bonds. The summed E-state index contributed by atoms with van der Waals surface area (Å²) in [6.45, 7) is 7.24. The minimum atomic E-state index is -0.0545. The number of fused-ring (bicyclic) bond motifs is 1. The van der Waals surface area contributed by atoms with E-state index >= 15 is 0 Å². The third-order valence-electron chi connectivity index (χ3n) is 7.51. The zero-order valence-corrected chi connectivity index (χ0v) is 20.9. The molecule has 0 saturated carbocycles. The van der Waals surface area contributed by atoms with Crippen LogP contribution in [0, 0.1) is 5.41 Å². The fourth-order valence-electron chi connectivity index (χ4n) is 5.32. The van der Waals surface area contributed by atoms with Crippen LogP contribution in [0.15, 0.2) is 30.6 Å². The van der Waals surface area contributed by atoms with Crippen molar-refractivity contribution in [3.8, 4) is 0 Å². The Bertz CT molecular complexity index is 1140. The Hall–Kier alpha value is -2.13. The Balaban J connectivity index is 1.31. The second-order valence-electron chi connectivity index (χ2n) is 9.56. The van der Waals surface area contributed by atoms with Gasteiger partial charge in [0.05, 0.1) is 12.6 Å². The molecule has 10 heteroatoms. The first-order valence-electron chi connectivity index (χ1n) is 12.0. The Kier molecular flexibility index (Phi) is 6.84. The van der Waals surface area contributed by atoms with Gasteiger partial charge in [-0.3, -0.25) is 0 Å². The summed E-state index contributed by atoms with van der Waals surface area (Å²) >= 11 is 12.5. The number of nitrogens with one attached hydrogen (secondary N) is 1. The molecule has 1 spiro atoms. The van der Waals surface area contributed by atoms with Crippen molar-refractivity contribution in [1.29, 1.82) is 0 Å². The summed E-state index contributed by atoms with van der Waals surface area (Å²) in [7, 11) is 0. The highest BCUT2D eigenvalue weighted by atomic mass is 35.5. The van der Waals surface area contributed by atoms with Crippen molar-refractivity contribution in [1.82, 2.24) is 24.5 Å². The molecule has 2 saturated heterocycles. The van der Waals surface area contributed by atoms with Gasteiger partial charge < -0.3 is 20.2 Å². The first kappa shape index (κ1) is 23.6. The van der Waals surface area contributed by atoms with Gasteiger partial charge in [0, 0.05) is 35.7 Å². The summed E-state index contributed by atoms with van der Waals surface area (Å²) < 4.78 is 1.73. The quantitative estimate of drug-likeness (QED) is 0.519. The largest absolute Gasteiger partial charge is 0.395 e. The van der Waals surface area contributed by atoms with Crippen LogP contribution >= 0.6 is 23.2 Å². The van der Waals surface area contributed by atoms with Gasteiger partial charge in [-0.05, 0) is 68.8 Å². The van der Waals surface area contributed by atoms with Gasteiger partial charge in [-0.2, -0.15) is 19.6 Å². The summed E-state index contributed by atoms with van der Waals surface area (Å²) in [4.78, 5) is 13.9. The molecule has 1 aromatic carbocycles. The van der Waals surface area contributed by atoms with Crippen molar-refractivity contribution in [3.63, 3.8) is 0 Å². The number of aromatic nitrogens is 4. The molecule has 5 rings (SSSR count). The maximum absolute atomic E-state index is 9.22. The maximum atomic E-state index is 9.22. The van der Waals surface area contributed by atoms with Crippen LogP contribution in [0.4, 0.5) is 11.6 Å². The molecule has 0 bridgehead atoms. The third-order valence-corrected chi connectivity index (χ3v) is 8.08. The molecule has 2 N–H and O–H groups in total. The second-order valence-corrected chi connectivity index (χ2v) is 10.4. The lowest BCUT2D eigenvalue weighted by molar-refractivity contribution is 0.0691. The third kappa shape index (κ3) is 4.82. The molecule has 34 heavy (non-hydrogen) atoms. The predicted molar refractivity (Wildman–Crippen MR) is 136 cm³/mol. The van der Waals surface area contributed by atoms with E-state index in [9.17, 15) is 5.11 Å². The highest BCUT2D eigenvalue weighted by Gasteiger charge is 2.37. The van der Waals surface area contributed by atoms with Crippen molar-refractivity contribution >= 4 is 40.6 Å². The van der Waals surface area contributed by atoms with Crippen molar-refractivity contribution < 1.29 is 5.11 Å². The van der Waals surface area contributed by atoms with Gasteiger partial charge in [-0.15, -0.1) is 0 Å². The van der Waals surface area contributed by atoms with Crippen LogP contribution in [0.3, 0.4) is 0 Å². The zero-order chi connectivity index (χ0) is 23.7. The Morgan fingerprint density at radius 1 is 1.09 bits per heavy atom. The number of piperidine rings is 2. The summed E-state index contributed by atoms with van der Waals surface area (Å²) in [6.07, 6.45) is 6.29. The number of aliphatic hydroxyl groups excluding tert-OH is 1. The van der Waals surface area contributed by atoms with Crippen LogP contribution in [-0.4, -0.2) is 68.9 Å². The van der Waals surface area contributed by atoms with Gasteiger partial charge in [0.15, 0.2) is 0 Å². The van der Waals surface area contributed by atoms with Gasteiger partial charge >= 0.3 is 0 Å². The van der Waals surface area contributed by atoms with Crippen LogP contribution in [-0.2, 0) is 0 Å². The van der Waals surface area contributed by atoms with E-state index in [-0.39, 0.29) is 12.6 Å². The molecule has 3 aromatic rings. The second kappa shape index (κ2) is 9.85. The summed E-state index contributed by atoms with van der Waals surface area (Å²) in [5.41, 5.74) is 1.38. The normalized spacial score (nSPS) is 19.6. The number of rotatable bonds is 6. The minimum absolute atomic E-state index is 0.0545. The highest BCUT2D eigenvalue weighted by Crippen LogP contribution is 2.42. The molecule has 2 aliphatic rings. The lowest BCUT2D eigenvalue weighted by Crippen LogP contribution is -2.47. The predicted octanol–water partition coefficient (Wildman–Crippen LogP) is 4.28. The molecule has 8 nitrogen and oxygen atoms in total. The minimum Gasteiger partial charge on any atom is -0.395 e. The van der Waals surface area contributed by atoms with Crippen LogP contribution < -0.4 is 10.2 Å². The van der Waals surface area contributed by atoms with Gasteiger partial charge in [-0.25, -0.2) is 0 Å². The standard InChI is InChI=1S/C24H31Cl2N7O/c1-17(19-3-2-18(25)14-20(19)26)29-22-15-21(30-23-27-16-28-33(22)23)32-10-6-24(7-11-32)4-8-31(9-5-24)12-13-34/h2-3,14-17,29,34H,4-13H2,1H3. The SMILES string of the molecule is CC(Nc1cc(N2CCC3(CCN(CCO)CC3)CC2)nc2ncnn12)c1ccc(Cl)cc1Cl. The van der Waals surface area contributed by atoms with Gasteiger partial charge in [0.25, 0.3) is 5.78 Å². The van der Waals surface area contributed by atoms with E-state index in [1.165, 1.54) is 32.0 Å². The number of aliphatic hydroxyl groups is 1. The monoisotopic (exact) mass is 503 g/mol. The molecule has 1 unspecified atom stereocenters. The number of hydrogen-bond donors (Lipinski definition) is 2. The molecular weight excluding hydrogens is 473 g/mol. The van der Waals surface area contributed by atoms with Crippen molar-refractivity contribution in [3.05, 3.63) is 46.2 Å². The lowest BCUT2D eigenvalue weighted by atomic mass is 9.71. The Morgan fingerprint density at radius 3 is 2.53 bits per heavy atom. The smallest absolute Gasteiger partial charge is 0.256 e. The van der Waals surface area contributed by atoms with Gasteiger partial charge in [0.1, 0.15) is 18.0 Å². The first-order chi connectivity index (χ1) is 16.5. The molecule has 0 aliphatic carbocycles. The van der Waals surface area contributed by atoms with Gasteiger partial charge in [-0.1, -0.05) is 29.3 Å². The molecule has 1 atom stereocenters. The molecule has 0 radical (unpaired) electrons. The number of nitrogens with zero attached hydrogens (tertiary/aromatic N) is 6. The van der Waals surface area contributed by atoms with Crippen LogP contribution in [0.25, 0.3) is 5.78 Å². The molecule has 2 aromatic heterocycles. The topological polar surface area (TPSA) is 81.8 Å². The van der Waals surface area contributed by atoms with E-state index in [2.05, 4.69) is 38.2 Å². The molecule has 2 aliphatic heterocycles. The molecular formula is C24H31Cl2N7O. The number of halogens is 2. The summed E-state index contributed by atoms with van der Waals surface area (Å²) in [6, 6.07) is 7.56. The van der Waals surface area contributed by atoms with Crippen molar-refractivity contribution in [2.45, 2.75) is 38.6 Å². The van der Waals surface area contributed by atoms with E-state index < -0.39 is 0 Å². The number of likely N-dealkylation sites (tertiary alicyclic amines) is 1. The van der Waals surface area contributed by atoms with Crippen molar-refractivity contribution in [2.24, 2.45) is 5.41 Å². The maximum Gasteiger partial charge on any atom is 0.256 e. The fraction of sp³-hybridized carbons (Fsp3) is 0.542. The average molecular weight is 504 g/mol. The summed E-state index contributed by atoms with van der Waals surface area (Å²) in [5, 5.41) is 18.4. The number of β-amino-alcohol motifs (C(OH)–C–C–N with tert-alkyl or cyclic N) is 1. The first-order valence-corrected chi connectivity index (χ1v) is 12.7.